The van der Waals surface area contributed by atoms with Crippen LogP contribution < -0.4 is 0 Å². The Morgan fingerprint density at radius 2 is 1.89 bits per heavy atom. The second kappa shape index (κ2) is 7.05. The number of halogens is 1. The van der Waals surface area contributed by atoms with Crippen molar-refractivity contribution in [3.05, 3.63) is 34.3 Å². The van der Waals surface area contributed by atoms with Crippen molar-refractivity contribution in [3.8, 4) is 0 Å². The normalized spacial score (nSPS) is 13.2. The Kier molecular flexibility index (Phi) is 6.00. The third kappa shape index (κ3) is 5.74. The van der Waals surface area contributed by atoms with Crippen LogP contribution in [0.5, 0.6) is 0 Å². The van der Waals surface area contributed by atoms with E-state index in [4.69, 9.17) is 5.11 Å². The number of carboxylic acid groups (broad SMARTS) is 1. The van der Waals surface area contributed by atoms with Gasteiger partial charge in [-0.1, -0.05) is 35.0 Å². The number of hydrogen-bond donors (Lipinski definition) is 1. The predicted octanol–water partition coefficient (Wildman–Crippen LogP) is 2.52. The highest BCUT2D eigenvalue weighted by molar-refractivity contribution is 9.10. The lowest BCUT2D eigenvalue weighted by molar-refractivity contribution is -0.141. The van der Waals surface area contributed by atoms with E-state index in [0.717, 1.165) is 10.0 Å². The van der Waals surface area contributed by atoms with Gasteiger partial charge in [-0.2, -0.15) is 0 Å². The number of benzene rings is 1. The van der Waals surface area contributed by atoms with Crippen LogP contribution in [-0.2, 0) is 21.1 Å². The Morgan fingerprint density at radius 1 is 1.32 bits per heavy atom. The maximum atomic E-state index is 11.4. The van der Waals surface area contributed by atoms with E-state index in [2.05, 4.69) is 15.9 Å². The monoisotopic (exact) mass is 348 g/mol. The van der Waals surface area contributed by atoms with E-state index in [1.807, 2.05) is 24.3 Å². The van der Waals surface area contributed by atoms with Crippen LogP contribution in [0.2, 0.25) is 0 Å². The Labute approximate surface area is 121 Å². The van der Waals surface area contributed by atoms with Gasteiger partial charge in [0, 0.05) is 10.2 Å². The van der Waals surface area contributed by atoms with Gasteiger partial charge in [0.15, 0.2) is 0 Å². The van der Waals surface area contributed by atoms with E-state index in [9.17, 15) is 13.2 Å². The Hall–Kier alpha value is -0.880. The van der Waals surface area contributed by atoms with Gasteiger partial charge >= 0.3 is 5.97 Å². The number of hydrogen-bond acceptors (Lipinski definition) is 3. The Morgan fingerprint density at radius 3 is 2.37 bits per heavy atom. The molecule has 0 spiro atoms. The van der Waals surface area contributed by atoms with E-state index in [0.29, 0.717) is 6.42 Å². The van der Waals surface area contributed by atoms with Crippen molar-refractivity contribution < 1.29 is 18.3 Å². The summed E-state index contributed by atoms with van der Waals surface area (Å²) >= 11 is 3.31. The van der Waals surface area contributed by atoms with Gasteiger partial charge in [-0.05, 0) is 30.5 Å². The van der Waals surface area contributed by atoms with Gasteiger partial charge in [0.2, 0.25) is 0 Å². The van der Waals surface area contributed by atoms with Crippen molar-refractivity contribution in [2.24, 2.45) is 5.92 Å². The van der Waals surface area contributed by atoms with Crippen molar-refractivity contribution in [3.63, 3.8) is 0 Å². The first-order chi connectivity index (χ1) is 8.84. The molecule has 0 fully saturated rings. The molecule has 0 aliphatic rings. The molecule has 19 heavy (non-hydrogen) atoms. The molecule has 0 aliphatic heterocycles. The molecule has 0 radical (unpaired) electrons. The van der Waals surface area contributed by atoms with Crippen LogP contribution in [0, 0.1) is 5.92 Å². The lowest BCUT2D eigenvalue weighted by atomic mass is 9.97. The van der Waals surface area contributed by atoms with Gasteiger partial charge in [-0.15, -0.1) is 0 Å². The highest BCUT2D eigenvalue weighted by Gasteiger charge is 2.20. The first kappa shape index (κ1) is 16.2. The number of sulfone groups is 1. The molecule has 0 bridgehead atoms. The van der Waals surface area contributed by atoms with Crippen molar-refractivity contribution in [1.82, 2.24) is 0 Å². The molecular weight excluding hydrogens is 332 g/mol. The fraction of sp³-hybridized carbons (Fsp3) is 0.462. The Bertz CT molecular complexity index is 522. The van der Waals surface area contributed by atoms with Crippen LogP contribution in [0.3, 0.4) is 0 Å². The molecule has 1 rings (SSSR count). The maximum absolute atomic E-state index is 11.4. The molecule has 1 aromatic rings. The second-order valence-corrected chi connectivity index (χ2v) is 7.78. The SMILES string of the molecule is CCS(=O)(=O)CCC(Cc1ccc(Br)cc1)C(=O)O. The van der Waals surface area contributed by atoms with E-state index in [-0.39, 0.29) is 17.9 Å². The predicted molar refractivity (Wildman–Crippen MR) is 77.9 cm³/mol. The molecule has 106 valence electrons. The summed E-state index contributed by atoms with van der Waals surface area (Å²) in [7, 11) is -3.12. The fourth-order valence-corrected chi connectivity index (χ4v) is 2.88. The first-order valence-electron chi connectivity index (χ1n) is 6.01. The molecule has 1 atom stereocenters. The molecule has 0 aliphatic carbocycles. The van der Waals surface area contributed by atoms with Crippen LogP contribution >= 0.6 is 15.9 Å². The smallest absolute Gasteiger partial charge is 0.306 e. The summed E-state index contributed by atoms with van der Waals surface area (Å²) in [4.78, 5) is 11.2. The second-order valence-electron chi connectivity index (χ2n) is 4.39. The first-order valence-corrected chi connectivity index (χ1v) is 8.63. The number of rotatable bonds is 7. The molecule has 6 heteroatoms. The molecule has 1 N–H and O–H groups in total. The van der Waals surface area contributed by atoms with Gasteiger partial charge in [-0.3, -0.25) is 4.79 Å². The quantitative estimate of drug-likeness (QED) is 0.821. The van der Waals surface area contributed by atoms with Crippen LogP contribution in [0.15, 0.2) is 28.7 Å². The third-order valence-electron chi connectivity index (χ3n) is 2.96. The van der Waals surface area contributed by atoms with Crippen molar-refractivity contribution in [1.29, 1.82) is 0 Å². The summed E-state index contributed by atoms with van der Waals surface area (Å²) in [6.45, 7) is 1.57. The number of carbonyl (C=O) groups is 1. The summed E-state index contributed by atoms with van der Waals surface area (Å²) in [6, 6.07) is 7.37. The van der Waals surface area contributed by atoms with Gasteiger partial charge in [0.25, 0.3) is 0 Å². The lowest BCUT2D eigenvalue weighted by Crippen LogP contribution is -2.21. The standard InChI is InChI=1S/C13H17BrO4S/c1-2-19(17,18)8-7-11(13(15)16)9-10-3-5-12(14)6-4-10/h3-6,11H,2,7-9H2,1H3,(H,15,16). The highest BCUT2D eigenvalue weighted by atomic mass is 79.9. The van der Waals surface area contributed by atoms with Crippen LogP contribution in [0.1, 0.15) is 18.9 Å². The molecule has 4 nitrogen and oxygen atoms in total. The molecule has 1 unspecified atom stereocenters. The van der Waals surface area contributed by atoms with Gasteiger partial charge in [0.1, 0.15) is 9.84 Å². The van der Waals surface area contributed by atoms with Gasteiger partial charge in [-0.25, -0.2) is 8.42 Å². The van der Waals surface area contributed by atoms with E-state index < -0.39 is 21.7 Å². The molecule has 0 aromatic heterocycles. The maximum Gasteiger partial charge on any atom is 0.306 e. The van der Waals surface area contributed by atoms with Crippen molar-refractivity contribution >= 4 is 31.7 Å². The summed E-state index contributed by atoms with van der Waals surface area (Å²) < 4.78 is 23.8. The average molecular weight is 349 g/mol. The van der Waals surface area contributed by atoms with E-state index in [1.54, 1.807) is 6.92 Å². The van der Waals surface area contributed by atoms with Crippen molar-refractivity contribution in [2.45, 2.75) is 19.8 Å². The molecule has 0 amide bonds. The van der Waals surface area contributed by atoms with Crippen molar-refractivity contribution in [2.75, 3.05) is 11.5 Å². The van der Waals surface area contributed by atoms with E-state index >= 15 is 0 Å². The lowest BCUT2D eigenvalue weighted by Gasteiger charge is -2.12. The minimum Gasteiger partial charge on any atom is -0.481 e. The minimum atomic E-state index is -3.12. The zero-order chi connectivity index (χ0) is 14.5. The highest BCUT2D eigenvalue weighted by Crippen LogP contribution is 2.17. The van der Waals surface area contributed by atoms with Crippen LogP contribution in [0.25, 0.3) is 0 Å². The fourth-order valence-electron chi connectivity index (χ4n) is 1.68. The molecule has 0 heterocycles. The third-order valence-corrected chi connectivity index (χ3v) is 5.23. The van der Waals surface area contributed by atoms with Gasteiger partial charge < -0.3 is 5.11 Å². The van der Waals surface area contributed by atoms with Crippen LogP contribution in [0.4, 0.5) is 0 Å². The topological polar surface area (TPSA) is 71.4 Å². The summed E-state index contributed by atoms with van der Waals surface area (Å²) in [6.07, 6.45) is 0.503. The largest absolute Gasteiger partial charge is 0.481 e. The summed E-state index contributed by atoms with van der Waals surface area (Å²) in [5.74, 6) is -1.63. The van der Waals surface area contributed by atoms with E-state index in [1.165, 1.54) is 0 Å². The van der Waals surface area contributed by atoms with Crippen LogP contribution in [-0.4, -0.2) is 31.0 Å². The molecular formula is C13H17BrO4S. The zero-order valence-corrected chi connectivity index (χ0v) is 13.1. The summed E-state index contributed by atoms with van der Waals surface area (Å²) in [5, 5.41) is 9.15. The van der Waals surface area contributed by atoms with Gasteiger partial charge in [0.05, 0.1) is 11.7 Å². The zero-order valence-electron chi connectivity index (χ0n) is 10.7. The number of carboxylic acids is 1. The summed E-state index contributed by atoms with van der Waals surface area (Å²) in [5.41, 5.74) is 0.893. The minimum absolute atomic E-state index is 0.0532. The molecule has 0 saturated carbocycles. The molecule has 1 aromatic carbocycles. The Balaban J connectivity index is 2.68. The number of aliphatic carboxylic acids is 1. The molecule has 0 saturated heterocycles. The average Bonchev–Trinajstić information content (AvgIpc) is 2.36.